The number of benzene rings is 1. The molecule has 0 aliphatic rings. The fraction of sp³-hybridized carbons (Fsp3) is 0.364. The van der Waals surface area contributed by atoms with Gasteiger partial charge in [-0.2, -0.15) is 0 Å². The van der Waals surface area contributed by atoms with E-state index >= 15 is 0 Å². The van der Waals surface area contributed by atoms with Crippen molar-refractivity contribution in [3.8, 4) is 0 Å². The van der Waals surface area contributed by atoms with E-state index in [1.54, 1.807) is 0 Å². The molecule has 0 saturated carbocycles. The molecule has 0 fully saturated rings. The third-order valence-corrected chi connectivity index (χ3v) is 3.23. The summed E-state index contributed by atoms with van der Waals surface area (Å²) in [4.78, 5) is 10.7. The predicted molar refractivity (Wildman–Crippen MR) is 68.2 cm³/mol. The Morgan fingerprint density at radius 2 is 2.06 bits per heavy atom. The van der Waals surface area contributed by atoms with Crippen LogP contribution in [0, 0.1) is 0 Å². The summed E-state index contributed by atoms with van der Waals surface area (Å²) in [5, 5.41) is 16.9. The second-order valence-electron chi connectivity index (χ2n) is 3.88. The lowest BCUT2D eigenvalue weighted by Gasteiger charge is -2.08. The van der Waals surface area contributed by atoms with Crippen LogP contribution in [0.2, 0.25) is 0 Å². The maximum absolute atomic E-state index is 11.2. The molecule has 18 heavy (non-hydrogen) atoms. The van der Waals surface area contributed by atoms with Crippen LogP contribution in [-0.2, 0) is 10.0 Å². The van der Waals surface area contributed by atoms with Crippen LogP contribution in [0.5, 0.6) is 0 Å². The third-order valence-electron chi connectivity index (χ3n) is 2.34. The first-order valence-corrected chi connectivity index (χ1v) is 7.04. The normalized spacial score (nSPS) is 11.2. The summed E-state index contributed by atoms with van der Waals surface area (Å²) in [5.74, 6) is -1.20. The van der Waals surface area contributed by atoms with Crippen molar-refractivity contribution in [2.24, 2.45) is 5.14 Å². The zero-order valence-corrected chi connectivity index (χ0v) is 10.8. The summed E-state index contributed by atoms with van der Waals surface area (Å²) in [6.45, 7) is 2.66. The molecule has 7 heteroatoms. The van der Waals surface area contributed by atoms with E-state index < -0.39 is 16.0 Å². The van der Waals surface area contributed by atoms with Crippen molar-refractivity contribution < 1.29 is 18.3 Å². The van der Waals surface area contributed by atoms with Crippen molar-refractivity contribution >= 4 is 21.7 Å². The Kier molecular flexibility index (Phi) is 4.69. The van der Waals surface area contributed by atoms with Crippen molar-refractivity contribution in [1.82, 2.24) is 0 Å². The van der Waals surface area contributed by atoms with E-state index in [4.69, 9.17) is 10.2 Å². The number of unbranched alkanes of at least 4 members (excludes halogenated alkanes) is 1. The summed E-state index contributed by atoms with van der Waals surface area (Å²) in [6, 6.07) is 3.76. The molecular weight excluding hydrogens is 256 g/mol. The lowest BCUT2D eigenvalue weighted by molar-refractivity contribution is 0.0696. The number of hydrogen-bond donors (Lipinski definition) is 3. The number of carboxylic acids is 1. The van der Waals surface area contributed by atoms with Gasteiger partial charge in [-0.1, -0.05) is 13.3 Å². The van der Waals surface area contributed by atoms with E-state index in [9.17, 15) is 13.2 Å². The molecule has 0 radical (unpaired) electrons. The number of sulfonamides is 1. The van der Waals surface area contributed by atoms with Gasteiger partial charge in [-0.05, 0) is 24.6 Å². The molecule has 0 bridgehead atoms. The zero-order valence-electron chi connectivity index (χ0n) is 10.0. The fourth-order valence-corrected chi connectivity index (χ4v) is 1.98. The molecular formula is C11H16N2O4S. The Hall–Kier alpha value is -1.60. The van der Waals surface area contributed by atoms with Crippen LogP contribution in [-0.4, -0.2) is 26.0 Å². The molecule has 1 rings (SSSR count). The molecule has 0 atom stereocenters. The number of primary sulfonamides is 1. The highest BCUT2D eigenvalue weighted by molar-refractivity contribution is 7.89. The Bertz CT molecular complexity index is 540. The molecule has 0 aliphatic carbocycles. The van der Waals surface area contributed by atoms with Gasteiger partial charge < -0.3 is 10.4 Å². The van der Waals surface area contributed by atoms with Gasteiger partial charge in [-0.3, -0.25) is 0 Å². The van der Waals surface area contributed by atoms with Crippen LogP contribution in [0.3, 0.4) is 0 Å². The highest BCUT2D eigenvalue weighted by atomic mass is 32.2. The summed E-state index contributed by atoms with van der Waals surface area (Å²) < 4.78 is 22.5. The number of carboxylic acid groups (broad SMARTS) is 1. The van der Waals surface area contributed by atoms with E-state index in [0.717, 1.165) is 18.9 Å². The van der Waals surface area contributed by atoms with Gasteiger partial charge in [0.05, 0.1) is 10.5 Å². The fourth-order valence-electron chi connectivity index (χ4n) is 1.40. The maximum Gasteiger partial charge on any atom is 0.335 e. The molecule has 4 N–H and O–H groups in total. The molecule has 0 spiro atoms. The van der Waals surface area contributed by atoms with Gasteiger partial charge in [0.15, 0.2) is 0 Å². The molecule has 1 aromatic rings. The topological polar surface area (TPSA) is 109 Å². The van der Waals surface area contributed by atoms with Crippen LogP contribution in [0.1, 0.15) is 30.1 Å². The number of carbonyl (C=O) groups is 1. The van der Waals surface area contributed by atoms with E-state index in [1.165, 1.54) is 12.1 Å². The first kappa shape index (κ1) is 14.5. The van der Waals surface area contributed by atoms with Crippen molar-refractivity contribution in [2.75, 3.05) is 11.9 Å². The zero-order chi connectivity index (χ0) is 13.8. The maximum atomic E-state index is 11.2. The number of nitrogens with two attached hydrogens (primary N) is 1. The van der Waals surface area contributed by atoms with Gasteiger partial charge in [-0.15, -0.1) is 0 Å². The number of aromatic carboxylic acids is 1. The third kappa shape index (κ3) is 4.01. The lowest BCUT2D eigenvalue weighted by Crippen LogP contribution is -2.14. The van der Waals surface area contributed by atoms with Gasteiger partial charge in [-0.25, -0.2) is 18.4 Å². The highest BCUT2D eigenvalue weighted by Gasteiger charge is 2.13. The standard InChI is InChI=1S/C11H16N2O4S/c1-2-3-4-13-9-5-8(11(14)15)6-10(7-9)18(12,16)17/h5-7,13H,2-4H2,1H3,(H,14,15)(H2,12,16,17). The van der Waals surface area contributed by atoms with Gasteiger partial charge in [0.25, 0.3) is 0 Å². The molecule has 0 heterocycles. The highest BCUT2D eigenvalue weighted by Crippen LogP contribution is 2.18. The Morgan fingerprint density at radius 1 is 1.39 bits per heavy atom. The van der Waals surface area contributed by atoms with Crippen LogP contribution in [0.25, 0.3) is 0 Å². The van der Waals surface area contributed by atoms with Crippen LogP contribution in [0.4, 0.5) is 5.69 Å². The summed E-state index contributed by atoms with van der Waals surface area (Å²) in [7, 11) is -3.92. The Balaban J connectivity index is 3.11. The first-order chi connectivity index (χ1) is 8.34. The smallest absolute Gasteiger partial charge is 0.335 e. The van der Waals surface area contributed by atoms with Crippen LogP contribution < -0.4 is 10.5 Å². The molecule has 0 unspecified atom stereocenters. The van der Waals surface area contributed by atoms with E-state index in [2.05, 4.69) is 5.32 Å². The minimum atomic E-state index is -3.92. The summed E-state index contributed by atoms with van der Waals surface area (Å²) in [6.07, 6.45) is 1.88. The molecule has 1 aromatic carbocycles. The van der Waals surface area contributed by atoms with E-state index in [0.29, 0.717) is 12.2 Å². The average molecular weight is 272 g/mol. The number of rotatable bonds is 6. The summed E-state index contributed by atoms with van der Waals surface area (Å²) in [5.41, 5.74) is 0.327. The predicted octanol–water partition coefficient (Wildman–Crippen LogP) is 1.24. The minimum absolute atomic E-state index is 0.111. The van der Waals surface area contributed by atoms with Crippen molar-refractivity contribution in [3.05, 3.63) is 23.8 Å². The molecule has 0 amide bonds. The number of anilines is 1. The number of nitrogens with one attached hydrogen (secondary N) is 1. The first-order valence-electron chi connectivity index (χ1n) is 5.49. The number of hydrogen-bond acceptors (Lipinski definition) is 4. The van der Waals surface area contributed by atoms with Gasteiger partial charge in [0.1, 0.15) is 0 Å². The molecule has 6 nitrogen and oxygen atoms in total. The average Bonchev–Trinajstić information content (AvgIpc) is 2.28. The van der Waals surface area contributed by atoms with E-state index in [-0.39, 0.29) is 10.5 Å². The molecule has 100 valence electrons. The van der Waals surface area contributed by atoms with E-state index in [1.807, 2.05) is 6.92 Å². The second-order valence-corrected chi connectivity index (χ2v) is 5.44. The van der Waals surface area contributed by atoms with Gasteiger partial charge in [0, 0.05) is 12.2 Å². The Labute approximate surface area is 106 Å². The second kappa shape index (κ2) is 5.83. The van der Waals surface area contributed by atoms with Crippen molar-refractivity contribution in [1.29, 1.82) is 0 Å². The van der Waals surface area contributed by atoms with Crippen molar-refractivity contribution in [2.45, 2.75) is 24.7 Å². The van der Waals surface area contributed by atoms with Crippen molar-refractivity contribution in [3.63, 3.8) is 0 Å². The SMILES string of the molecule is CCCCNc1cc(C(=O)O)cc(S(N)(=O)=O)c1. The monoisotopic (exact) mass is 272 g/mol. The molecule has 0 aliphatic heterocycles. The lowest BCUT2D eigenvalue weighted by atomic mass is 10.2. The van der Waals surface area contributed by atoms with Crippen LogP contribution in [0.15, 0.2) is 23.1 Å². The Morgan fingerprint density at radius 3 is 2.56 bits per heavy atom. The summed E-state index contributed by atoms with van der Waals surface area (Å²) >= 11 is 0. The largest absolute Gasteiger partial charge is 0.478 e. The van der Waals surface area contributed by atoms with Gasteiger partial charge in [0.2, 0.25) is 10.0 Å². The minimum Gasteiger partial charge on any atom is -0.478 e. The molecule has 0 saturated heterocycles. The quantitative estimate of drug-likeness (QED) is 0.675. The van der Waals surface area contributed by atoms with Crippen LogP contribution >= 0.6 is 0 Å². The van der Waals surface area contributed by atoms with Gasteiger partial charge >= 0.3 is 5.97 Å². The molecule has 0 aromatic heterocycles.